The summed E-state index contributed by atoms with van der Waals surface area (Å²) in [5, 5.41) is 5.11. The molecule has 8 heteroatoms. The molecule has 0 fully saturated rings. The molecule has 0 unspecified atom stereocenters. The maximum absolute atomic E-state index is 12.7. The maximum Gasteiger partial charge on any atom is 0.416 e. The fraction of sp³-hybridized carbons (Fsp3) is 0.455. The van der Waals surface area contributed by atoms with Crippen molar-refractivity contribution >= 4 is 17.5 Å². The Bertz CT molecular complexity index is 460. The Morgan fingerprint density at radius 3 is 2.37 bits per heavy atom. The van der Waals surface area contributed by atoms with Crippen LogP contribution < -0.4 is 10.6 Å². The van der Waals surface area contributed by atoms with Crippen molar-refractivity contribution in [3.8, 4) is 0 Å². The molecule has 0 aliphatic heterocycles. The molecule has 1 aromatic heterocycles. The molecule has 0 aliphatic rings. The van der Waals surface area contributed by atoms with Crippen LogP contribution in [0.3, 0.4) is 0 Å². The number of anilines is 2. The molecule has 106 valence electrons. The van der Waals surface area contributed by atoms with Crippen LogP contribution in [-0.2, 0) is 11.0 Å². The SMILES string of the molecule is CNc1cc(C(F)(F)F)cc(NCC(=O)N(C)C)n1. The van der Waals surface area contributed by atoms with Crippen LogP contribution in [0, 0.1) is 0 Å². The Balaban J connectivity index is 2.92. The molecule has 0 spiro atoms. The molecular formula is C11H15F3N4O. The number of aromatic nitrogens is 1. The molecule has 19 heavy (non-hydrogen) atoms. The third-order valence-corrected chi connectivity index (χ3v) is 2.33. The van der Waals surface area contributed by atoms with Crippen LogP contribution in [0.4, 0.5) is 24.8 Å². The molecule has 1 rings (SSSR count). The summed E-state index contributed by atoms with van der Waals surface area (Å²) < 4.78 is 38.0. The van der Waals surface area contributed by atoms with Gasteiger partial charge in [-0.2, -0.15) is 13.2 Å². The lowest BCUT2D eigenvalue weighted by molar-refractivity contribution is -0.137. The number of hydrogen-bond donors (Lipinski definition) is 2. The molecule has 1 heterocycles. The first kappa shape index (κ1) is 15.1. The minimum absolute atomic E-state index is 0.00521. The Kier molecular flexibility index (Phi) is 4.57. The van der Waals surface area contributed by atoms with Crippen molar-refractivity contribution in [2.75, 3.05) is 38.3 Å². The zero-order valence-corrected chi connectivity index (χ0v) is 10.8. The van der Waals surface area contributed by atoms with Crippen molar-refractivity contribution in [2.45, 2.75) is 6.18 Å². The van der Waals surface area contributed by atoms with Gasteiger partial charge in [-0.05, 0) is 12.1 Å². The standard InChI is InChI=1S/C11H15F3N4O/c1-15-8-4-7(11(12,13)14)5-9(17-8)16-6-10(19)18(2)3/h4-5H,6H2,1-3H3,(H2,15,16,17). The number of rotatable bonds is 4. The van der Waals surface area contributed by atoms with Gasteiger partial charge in [0.2, 0.25) is 5.91 Å². The second-order valence-electron chi connectivity index (χ2n) is 4.02. The second kappa shape index (κ2) is 5.77. The zero-order chi connectivity index (χ0) is 14.6. The highest BCUT2D eigenvalue weighted by Gasteiger charge is 2.31. The first-order valence-corrected chi connectivity index (χ1v) is 5.45. The van der Waals surface area contributed by atoms with Crippen molar-refractivity contribution in [1.29, 1.82) is 0 Å². The molecular weight excluding hydrogens is 261 g/mol. The van der Waals surface area contributed by atoms with E-state index < -0.39 is 11.7 Å². The van der Waals surface area contributed by atoms with E-state index in [1.807, 2.05) is 0 Å². The Morgan fingerprint density at radius 1 is 1.32 bits per heavy atom. The van der Waals surface area contributed by atoms with Crippen molar-refractivity contribution in [3.05, 3.63) is 17.7 Å². The van der Waals surface area contributed by atoms with Gasteiger partial charge in [0.1, 0.15) is 11.6 Å². The monoisotopic (exact) mass is 276 g/mol. The summed E-state index contributed by atoms with van der Waals surface area (Å²) in [4.78, 5) is 16.6. The Hall–Kier alpha value is -1.99. The smallest absolute Gasteiger partial charge is 0.373 e. The van der Waals surface area contributed by atoms with Crippen LogP contribution in [0.2, 0.25) is 0 Å². The molecule has 0 bridgehead atoms. The van der Waals surface area contributed by atoms with Crippen molar-refractivity contribution in [1.82, 2.24) is 9.88 Å². The fourth-order valence-corrected chi connectivity index (χ4v) is 1.24. The largest absolute Gasteiger partial charge is 0.416 e. The number of nitrogens with zero attached hydrogens (tertiary/aromatic N) is 2. The number of pyridine rings is 1. The second-order valence-corrected chi connectivity index (χ2v) is 4.02. The Labute approximate surface area is 108 Å². The third kappa shape index (κ3) is 4.31. The van der Waals surface area contributed by atoms with E-state index in [2.05, 4.69) is 15.6 Å². The molecule has 0 aromatic carbocycles. The van der Waals surface area contributed by atoms with Gasteiger partial charge >= 0.3 is 6.18 Å². The van der Waals surface area contributed by atoms with E-state index in [1.54, 1.807) is 14.1 Å². The van der Waals surface area contributed by atoms with E-state index in [9.17, 15) is 18.0 Å². The third-order valence-electron chi connectivity index (χ3n) is 2.33. The number of amides is 1. The lowest BCUT2D eigenvalue weighted by atomic mass is 10.2. The average Bonchev–Trinajstić information content (AvgIpc) is 2.34. The van der Waals surface area contributed by atoms with Crippen molar-refractivity contribution < 1.29 is 18.0 Å². The highest BCUT2D eigenvalue weighted by Crippen LogP contribution is 2.31. The molecule has 1 amide bonds. The van der Waals surface area contributed by atoms with Crippen molar-refractivity contribution in [3.63, 3.8) is 0 Å². The summed E-state index contributed by atoms with van der Waals surface area (Å²) in [5.41, 5.74) is -0.827. The van der Waals surface area contributed by atoms with E-state index in [0.29, 0.717) is 0 Å². The number of likely N-dealkylation sites (N-methyl/N-ethyl adjacent to an activating group) is 1. The van der Waals surface area contributed by atoms with Gasteiger partial charge in [-0.25, -0.2) is 4.98 Å². The predicted octanol–water partition coefficient (Wildman–Crippen LogP) is 1.64. The summed E-state index contributed by atoms with van der Waals surface area (Å²) in [5.74, 6) is -0.186. The summed E-state index contributed by atoms with van der Waals surface area (Å²) in [6, 6.07) is 1.77. The van der Waals surface area contributed by atoms with E-state index in [4.69, 9.17) is 0 Å². The molecule has 1 aromatic rings. The average molecular weight is 276 g/mol. The highest BCUT2D eigenvalue weighted by atomic mass is 19.4. The van der Waals surface area contributed by atoms with Gasteiger partial charge in [0.15, 0.2) is 0 Å². The Morgan fingerprint density at radius 2 is 1.89 bits per heavy atom. The van der Waals surface area contributed by atoms with E-state index in [0.717, 1.165) is 12.1 Å². The molecule has 0 atom stereocenters. The summed E-state index contributed by atoms with van der Waals surface area (Å²) >= 11 is 0. The molecule has 2 N–H and O–H groups in total. The molecule has 0 radical (unpaired) electrons. The number of nitrogens with one attached hydrogen (secondary N) is 2. The zero-order valence-electron chi connectivity index (χ0n) is 10.8. The highest BCUT2D eigenvalue weighted by molar-refractivity contribution is 5.80. The molecule has 0 saturated heterocycles. The van der Waals surface area contributed by atoms with Gasteiger partial charge in [-0.15, -0.1) is 0 Å². The maximum atomic E-state index is 12.7. The van der Waals surface area contributed by atoms with Crippen LogP contribution >= 0.6 is 0 Å². The minimum Gasteiger partial charge on any atom is -0.373 e. The van der Waals surface area contributed by atoms with E-state index >= 15 is 0 Å². The fourth-order valence-electron chi connectivity index (χ4n) is 1.24. The first-order chi connectivity index (χ1) is 8.74. The lowest BCUT2D eigenvalue weighted by Crippen LogP contribution is -2.29. The number of carbonyl (C=O) groups excluding carboxylic acids is 1. The number of halogens is 3. The van der Waals surface area contributed by atoms with Gasteiger partial charge < -0.3 is 15.5 Å². The topological polar surface area (TPSA) is 57.3 Å². The van der Waals surface area contributed by atoms with E-state index in [1.165, 1.54) is 11.9 Å². The summed E-state index contributed by atoms with van der Waals surface area (Å²) in [7, 11) is 4.59. The van der Waals surface area contributed by atoms with Gasteiger partial charge in [0.25, 0.3) is 0 Å². The van der Waals surface area contributed by atoms with Crippen LogP contribution in [0.15, 0.2) is 12.1 Å². The van der Waals surface area contributed by atoms with Crippen LogP contribution in [0.25, 0.3) is 0 Å². The quantitative estimate of drug-likeness (QED) is 0.878. The predicted molar refractivity (Wildman–Crippen MR) is 66.0 cm³/mol. The number of hydrogen-bond acceptors (Lipinski definition) is 4. The summed E-state index contributed by atoms with van der Waals surface area (Å²) in [6.45, 7) is -0.121. The van der Waals surface area contributed by atoms with Gasteiger partial charge in [0.05, 0.1) is 12.1 Å². The van der Waals surface area contributed by atoms with Crippen LogP contribution in [-0.4, -0.2) is 43.5 Å². The van der Waals surface area contributed by atoms with Gasteiger partial charge in [-0.3, -0.25) is 4.79 Å². The van der Waals surface area contributed by atoms with Crippen LogP contribution in [0.5, 0.6) is 0 Å². The molecule has 0 aliphatic carbocycles. The normalized spacial score (nSPS) is 11.1. The summed E-state index contributed by atoms with van der Waals surface area (Å²) in [6.07, 6.45) is -4.46. The van der Waals surface area contributed by atoms with Crippen LogP contribution in [0.1, 0.15) is 5.56 Å². The van der Waals surface area contributed by atoms with Gasteiger partial charge in [0, 0.05) is 21.1 Å². The molecule has 5 nitrogen and oxygen atoms in total. The van der Waals surface area contributed by atoms with Crippen molar-refractivity contribution in [2.24, 2.45) is 0 Å². The van der Waals surface area contributed by atoms with E-state index in [-0.39, 0.29) is 24.1 Å². The molecule has 0 saturated carbocycles. The number of carbonyl (C=O) groups is 1. The first-order valence-electron chi connectivity index (χ1n) is 5.45. The minimum atomic E-state index is -4.46. The van der Waals surface area contributed by atoms with Gasteiger partial charge in [-0.1, -0.05) is 0 Å². The number of alkyl halides is 3. The lowest BCUT2D eigenvalue weighted by Gasteiger charge is -2.14.